The lowest BCUT2D eigenvalue weighted by Gasteiger charge is -2.34. The molecule has 1 amide bonds. The predicted molar refractivity (Wildman–Crippen MR) is 121 cm³/mol. The summed E-state index contributed by atoms with van der Waals surface area (Å²) in [7, 11) is -3.86. The Hall–Kier alpha value is -3.53. The van der Waals surface area contributed by atoms with Gasteiger partial charge in [0.15, 0.2) is 6.10 Å². The number of anilines is 1. The van der Waals surface area contributed by atoms with Crippen LogP contribution in [0.3, 0.4) is 0 Å². The van der Waals surface area contributed by atoms with Crippen LogP contribution in [0.1, 0.15) is 16.7 Å². The normalized spacial score (nSPS) is 15.9. The minimum absolute atomic E-state index is 0.166. The third-order valence-electron chi connectivity index (χ3n) is 5.28. The number of fused-ring (bicyclic) bond motifs is 1. The predicted octanol–water partition coefficient (Wildman–Crippen LogP) is 4.12. The highest BCUT2D eigenvalue weighted by Gasteiger charge is 2.36. The van der Waals surface area contributed by atoms with Crippen LogP contribution in [0.4, 0.5) is 18.9 Å². The maximum atomic E-state index is 13.2. The number of nitrogens with one attached hydrogen (secondary N) is 1. The summed E-state index contributed by atoms with van der Waals surface area (Å²) in [6, 6.07) is 19.8. The smallest absolute Gasteiger partial charge is 0.416 e. The number of rotatable bonds is 6. The van der Waals surface area contributed by atoms with Crippen LogP contribution in [0, 0.1) is 0 Å². The van der Waals surface area contributed by atoms with Crippen molar-refractivity contribution in [2.24, 2.45) is 0 Å². The molecule has 3 aromatic rings. The molecule has 0 saturated carbocycles. The fourth-order valence-corrected chi connectivity index (χ4v) is 5.21. The first-order chi connectivity index (χ1) is 16.1. The summed E-state index contributed by atoms with van der Waals surface area (Å²) in [5.74, 6) is -0.669. The molecule has 0 unspecified atom stereocenters. The molecule has 4 rings (SSSR count). The van der Waals surface area contributed by atoms with Gasteiger partial charge < -0.3 is 10.1 Å². The van der Waals surface area contributed by atoms with Crippen molar-refractivity contribution in [3.05, 3.63) is 95.6 Å². The topological polar surface area (TPSA) is 75.7 Å². The largest absolute Gasteiger partial charge is 0.476 e. The summed E-state index contributed by atoms with van der Waals surface area (Å²) in [4.78, 5) is 12.8. The second-order valence-electron chi connectivity index (χ2n) is 7.76. The Morgan fingerprint density at radius 1 is 0.971 bits per heavy atom. The quantitative estimate of drug-likeness (QED) is 0.564. The molecule has 1 heterocycles. The van der Waals surface area contributed by atoms with Crippen molar-refractivity contribution in [2.75, 3.05) is 10.8 Å². The number of hydrogen-bond acceptors (Lipinski definition) is 4. The molecule has 1 N–H and O–H groups in total. The molecule has 0 saturated heterocycles. The minimum Gasteiger partial charge on any atom is -0.476 e. The van der Waals surface area contributed by atoms with E-state index in [2.05, 4.69) is 5.32 Å². The maximum Gasteiger partial charge on any atom is 0.416 e. The first-order valence-corrected chi connectivity index (χ1v) is 12.0. The zero-order valence-corrected chi connectivity index (χ0v) is 18.6. The van der Waals surface area contributed by atoms with E-state index in [-0.39, 0.29) is 30.2 Å². The number of carbonyl (C=O) groups is 1. The monoisotopic (exact) mass is 490 g/mol. The highest BCUT2D eigenvalue weighted by atomic mass is 32.2. The highest BCUT2D eigenvalue weighted by molar-refractivity contribution is 7.92. The molecule has 1 aliphatic rings. The summed E-state index contributed by atoms with van der Waals surface area (Å²) in [5, 5.41) is 2.55. The minimum atomic E-state index is -4.50. The van der Waals surface area contributed by atoms with Crippen molar-refractivity contribution < 1.29 is 31.1 Å². The van der Waals surface area contributed by atoms with Gasteiger partial charge in [0.2, 0.25) is 10.0 Å². The number of benzene rings is 3. The van der Waals surface area contributed by atoms with Crippen LogP contribution in [-0.2, 0) is 33.3 Å². The van der Waals surface area contributed by atoms with Gasteiger partial charge in [-0.1, -0.05) is 54.6 Å². The third kappa shape index (κ3) is 5.33. The van der Waals surface area contributed by atoms with E-state index in [1.165, 1.54) is 12.1 Å². The molecule has 178 valence electrons. The van der Waals surface area contributed by atoms with E-state index in [1.807, 2.05) is 0 Å². The molecule has 0 radical (unpaired) electrons. The lowest BCUT2D eigenvalue weighted by Crippen LogP contribution is -2.50. The van der Waals surface area contributed by atoms with Gasteiger partial charge in [0.1, 0.15) is 5.75 Å². The lowest BCUT2D eigenvalue weighted by molar-refractivity contribution is -0.137. The van der Waals surface area contributed by atoms with E-state index in [0.29, 0.717) is 11.3 Å². The second kappa shape index (κ2) is 9.38. The SMILES string of the molecule is O=C(NCc1cccc(C(F)(F)F)c1)[C@@H]1CN(S(=O)(=O)Cc2ccccc2)c2ccccc2O1. The number of amides is 1. The zero-order valence-electron chi connectivity index (χ0n) is 17.8. The van der Waals surface area contributed by atoms with Crippen LogP contribution in [-0.4, -0.2) is 27.0 Å². The Morgan fingerprint density at radius 3 is 2.38 bits per heavy atom. The van der Waals surface area contributed by atoms with Crippen LogP contribution >= 0.6 is 0 Å². The number of ether oxygens (including phenoxy) is 1. The van der Waals surface area contributed by atoms with Crippen molar-refractivity contribution in [3.63, 3.8) is 0 Å². The number of para-hydroxylation sites is 2. The van der Waals surface area contributed by atoms with E-state index in [1.54, 1.807) is 54.6 Å². The van der Waals surface area contributed by atoms with Gasteiger partial charge in [-0.05, 0) is 35.4 Å². The molecule has 1 aliphatic heterocycles. The van der Waals surface area contributed by atoms with Gasteiger partial charge in [-0.3, -0.25) is 9.10 Å². The Balaban J connectivity index is 1.52. The Kier molecular flexibility index (Phi) is 6.52. The molecule has 0 bridgehead atoms. The van der Waals surface area contributed by atoms with Crippen molar-refractivity contribution in [1.82, 2.24) is 5.32 Å². The molecule has 0 aliphatic carbocycles. The molecular formula is C24H21F3N2O4S. The molecule has 0 aromatic heterocycles. The second-order valence-corrected chi connectivity index (χ2v) is 9.66. The fourth-order valence-electron chi connectivity index (χ4n) is 3.63. The summed E-state index contributed by atoms with van der Waals surface area (Å²) in [5.41, 5.74) is 0.352. The zero-order chi connectivity index (χ0) is 24.3. The van der Waals surface area contributed by atoms with Gasteiger partial charge in [0.05, 0.1) is 23.5 Å². The molecule has 3 aromatic carbocycles. The molecular weight excluding hydrogens is 469 g/mol. The Bertz CT molecular complexity index is 1280. The number of sulfonamides is 1. The van der Waals surface area contributed by atoms with Crippen LogP contribution in [0.25, 0.3) is 0 Å². The average Bonchev–Trinajstić information content (AvgIpc) is 2.82. The lowest BCUT2D eigenvalue weighted by atomic mass is 10.1. The molecule has 1 atom stereocenters. The van der Waals surface area contributed by atoms with E-state index >= 15 is 0 Å². The number of hydrogen-bond donors (Lipinski definition) is 1. The van der Waals surface area contributed by atoms with Crippen LogP contribution in [0.5, 0.6) is 5.75 Å². The molecule has 34 heavy (non-hydrogen) atoms. The maximum absolute atomic E-state index is 13.2. The standard InChI is InChI=1S/C24H21F3N2O4S/c25-24(26,27)19-10-6-9-18(13-19)14-28-23(30)22-15-29(20-11-4-5-12-21(20)33-22)34(31,32)16-17-7-2-1-3-8-17/h1-13,22H,14-16H2,(H,28,30)/t22-/m0/s1. The summed E-state index contributed by atoms with van der Waals surface area (Å²) < 4.78 is 72.2. The van der Waals surface area contributed by atoms with Gasteiger partial charge in [0, 0.05) is 6.54 Å². The van der Waals surface area contributed by atoms with E-state index < -0.39 is 33.8 Å². The summed E-state index contributed by atoms with van der Waals surface area (Å²) in [6.07, 6.45) is -5.67. The molecule has 0 spiro atoms. The number of nitrogens with zero attached hydrogens (tertiary/aromatic N) is 1. The van der Waals surface area contributed by atoms with Crippen molar-refractivity contribution >= 4 is 21.6 Å². The Labute approximate surface area is 195 Å². The van der Waals surface area contributed by atoms with Crippen LogP contribution < -0.4 is 14.4 Å². The Morgan fingerprint density at radius 2 is 1.65 bits per heavy atom. The van der Waals surface area contributed by atoms with Gasteiger partial charge in [-0.15, -0.1) is 0 Å². The first-order valence-electron chi connectivity index (χ1n) is 10.4. The molecule has 0 fully saturated rings. The van der Waals surface area contributed by atoms with Crippen molar-refractivity contribution in [1.29, 1.82) is 0 Å². The molecule has 6 nitrogen and oxygen atoms in total. The van der Waals surface area contributed by atoms with Crippen LogP contribution in [0.2, 0.25) is 0 Å². The summed E-state index contributed by atoms with van der Waals surface area (Å²) >= 11 is 0. The van der Waals surface area contributed by atoms with Crippen molar-refractivity contribution in [2.45, 2.75) is 24.6 Å². The van der Waals surface area contributed by atoms with E-state index in [0.717, 1.165) is 16.4 Å². The van der Waals surface area contributed by atoms with Gasteiger partial charge >= 0.3 is 6.18 Å². The van der Waals surface area contributed by atoms with Gasteiger partial charge in [-0.2, -0.15) is 13.2 Å². The number of halogens is 3. The van der Waals surface area contributed by atoms with Gasteiger partial charge in [-0.25, -0.2) is 8.42 Å². The number of carbonyl (C=O) groups excluding carboxylic acids is 1. The van der Waals surface area contributed by atoms with Crippen molar-refractivity contribution in [3.8, 4) is 5.75 Å². The highest BCUT2D eigenvalue weighted by Crippen LogP contribution is 2.36. The fraction of sp³-hybridized carbons (Fsp3) is 0.208. The van der Waals surface area contributed by atoms with Gasteiger partial charge in [0.25, 0.3) is 5.91 Å². The van der Waals surface area contributed by atoms with E-state index in [9.17, 15) is 26.4 Å². The first kappa shape index (κ1) is 23.6. The summed E-state index contributed by atoms with van der Waals surface area (Å²) in [6.45, 7) is -0.429. The third-order valence-corrected chi connectivity index (χ3v) is 6.99. The molecule has 10 heteroatoms. The van der Waals surface area contributed by atoms with E-state index in [4.69, 9.17) is 4.74 Å². The number of alkyl halides is 3. The average molecular weight is 491 g/mol. The van der Waals surface area contributed by atoms with Crippen LogP contribution in [0.15, 0.2) is 78.9 Å².